The Bertz CT molecular complexity index is 433. The Morgan fingerprint density at radius 3 is 2.61 bits per heavy atom. The highest BCUT2D eigenvalue weighted by Crippen LogP contribution is 2.39. The molecule has 2 rings (SSSR count). The number of aliphatic hydroxyl groups excluding tert-OH is 1. The molecule has 98 valence electrons. The number of nitroso groups, excluding NO2 is 1. The summed E-state index contributed by atoms with van der Waals surface area (Å²) in [5, 5.41) is 15.6. The second-order valence-corrected chi connectivity index (χ2v) is 5.78. The van der Waals surface area contributed by atoms with Gasteiger partial charge in [-0.2, -0.15) is 0 Å². The van der Waals surface area contributed by atoms with Gasteiger partial charge in [0, 0.05) is 5.02 Å². The van der Waals surface area contributed by atoms with E-state index in [1.165, 1.54) is 5.01 Å². The molecule has 0 spiro atoms. The fourth-order valence-corrected chi connectivity index (χ4v) is 2.66. The van der Waals surface area contributed by atoms with Crippen LogP contribution in [-0.2, 0) is 0 Å². The first-order chi connectivity index (χ1) is 8.45. The van der Waals surface area contributed by atoms with Crippen LogP contribution in [0.4, 0.5) is 0 Å². The minimum Gasteiger partial charge on any atom is -0.386 e. The minimum atomic E-state index is -0.721. The molecule has 0 saturated carbocycles. The third-order valence-corrected chi connectivity index (χ3v) is 3.90. The first-order valence-corrected chi connectivity index (χ1v) is 6.39. The maximum Gasteiger partial charge on any atom is 0.101 e. The first-order valence-electron chi connectivity index (χ1n) is 6.02. The molecule has 0 amide bonds. The Balaban J connectivity index is 2.21. The molecule has 2 unspecified atom stereocenters. The van der Waals surface area contributed by atoms with Crippen LogP contribution in [0.1, 0.15) is 38.4 Å². The van der Waals surface area contributed by atoms with Crippen molar-refractivity contribution in [2.75, 3.05) is 0 Å². The molecule has 0 radical (unpaired) electrons. The summed E-state index contributed by atoms with van der Waals surface area (Å²) in [5.74, 6) is 0. The lowest BCUT2D eigenvalue weighted by Gasteiger charge is -2.32. The van der Waals surface area contributed by atoms with E-state index < -0.39 is 6.10 Å². The third kappa shape index (κ3) is 2.35. The summed E-state index contributed by atoms with van der Waals surface area (Å²) in [5.41, 5.74) is 0.468. The lowest BCUT2D eigenvalue weighted by atomic mass is 10.0. The van der Waals surface area contributed by atoms with E-state index in [1.807, 2.05) is 13.8 Å². The Morgan fingerprint density at radius 1 is 1.44 bits per heavy atom. The fourth-order valence-electron chi connectivity index (χ4n) is 2.53. The van der Waals surface area contributed by atoms with Gasteiger partial charge in [0.25, 0.3) is 0 Å². The summed E-state index contributed by atoms with van der Waals surface area (Å²) < 4.78 is 0. The van der Waals surface area contributed by atoms with E-state index in [0.717, 1.165) is 18.4 Å². The standard InChI is InChI=1S/C13H17ClN2O2/c1-13(2)8-7-11(16(13)15-18)12(17)9-3-5-10(14)6-4-9/h3-6,11-12,17H,7-8H2,1-2H3. The van der Waals surface area contributed by atoms with E-state index >= 15 is 0 Å². The highest BCUT2D eigenvalue weighted by Gasteiger charge is 2.43. The molecule has 1 fully saturated rings. The number of benzene rings is 1. The summed E-state index contributed by atoms with van der Waals surface area (Å²) in [4.78, 5) is 11.0. The minimum absolute atomic E-state index is 0.265. The number of aliphatic hydroxyl groups is 1. The number of hydrogen-bond acceptors (Lipinski definition) is 3. The molecule has 18 heavy (non-hydrogen) atoms. The summed E-state index contributed by atoms with van der Waals surface area (Å²) in [6.45, 7) is 3.92. The molecular formula is C13H17ClN2O2. The largest absolute Gasteiger partial charge is 0.386 e. The predicted molar refractivity (Wildman–Crippen MR) is 71.1 cm³/mol. The molecule has 1 N–H and O–H groups in total. The average Bonchev–Trinajstić information content (AvgIpc) is 2.64. The number of hydrogen-bond donors (Lipinski definition) is 1. The second-order valence-electron chi connectivity index (χ2n) is 5.34. The van der Waals surface area contributed by atoms with Gasteiger partial charge in [-0.25, -0.2) is 5.01 Å². The fraction of sp³-hybridized carbons (Fsp3) is 0.538. The van der Waals surface area contributed by atoms with E-state index in [2.05, 4.69) is 5.29 Å². The van der Waals surface area contributed by atoms with Crippen molar-refractivity contribution in [3.63, 3.8) is 0 Å². The van der Waals surface area contributed by atoms with Gasteiger partial charge in [0.1, 0.15) is 6.10 Å². The molecular weight excluding hydrogens is 252 g/mol. The first kappa shape index (κ1) is 13.3. The van der Waals surface area contributed by atoms with E-state index in [0.29, 0.717) is 5.02 Å². The third-order valence-electron chi connectivity index (χ3n) is 3.65. The molecule has 1 aliphatic rings. The number of rotatable bonds is 3. The topological polar surface area (TPSA) is 52.9 Å². The van der Waals surface area contributed by atoms with Crippen LogP contribution in [-0.4, -0.2) is 21.7 Å². The molecule has 2 atom stereocenters. The van der Waals surface area contributed by atoms with Gasteiger partial charge in [-0.3, -0.25) is 0 Å². The van der Waals surface area contributed by atoms with Gasteiger partial charge in [-0.1, -0.05) is 23.7 Å². The molecule has 1 saturated heterocycles. The smallest absolute Gasteiger partial charge is 0.101 e. The van der Waals surface area contributed by atoms with Crippen LogP contribution < -0.4 is 0 Å². The highest BCUT2D eigenvalue weighted by atomic mass is 35.5. The summed E-state index contributed by atoms with van der Waals surface area (Å²) in [7, 11) is 0. The lowest BCUT2D eigenvalue weighted by molar-refractivity contribution is 0.0338. The molecule has 1 aromatic carbocycles. The Labute approximate surface area is 112 Å². The quantitative estimate of drug-likeness (QED) is 0.856. The summed E-state index contributed by atoms with van der Waals surface area (Å²) >= 11 is 5.82. The van der Waals surface area contributed by atoms with Gasteiger partial charge < -0.3 is 5.11 Å². The lowest BCUT2D eigenvalue weighted by Crippen LogP contribution is -2.41. The van der Waals surface area contributed by atoms with Crippen molar-refractivity contribution in [3.8, 4) is 0 Å². The zero-order valence-electron chi connectivity index (χ0n) is 10.5. The number of nitrogens with zero attached hydrogens (tertiary/aromatic N) is 2. The Morgan fingerprint density at radius 2 is 2.06 bits per heavy atom. The SMILES string of the molecule is CC1(C)CCC(C(O)c2ccc(Cl)cc2)N1N=O. The molecule has 0 bridgehead atoms. The predicted octanol–water partition coefficient (Wildman–Crippen LogP) is 3.30. The van der Waals surface area contributed by atoms with Crippen molar-refractivity contribution in [1.29, 1.82) is 0 Å². The zero-order chi connectivity index (χ0) is 13.3. The van der Waals surface area contributed by atoms with Crippen LogP contribution in [0, 0.1) is 4.91 Å². The van der Waals surface area contributed by atoms with Gasteiger partial charge in [0.05, 0.1) is 16.9 Å². The molecule has 0 aromatic heterocycles. The molecule has 0 aliphatic carbocycles. The van der Waals surface area contributed by atoms with Crippen LogP contribution in [0.2, 0.25) is 5.02 Å². The van der Waals surface area contributed by atoms with Gasteiger partial charge >= 0.3 is 0 Å². The molecule has 1 aliphatic heterocycles. The molecule has 4 nitrogen and oxygen atoms in total. The zero-order valence-corrected chi connectivity index (χ0v) is 11.3. The van der Waals surface area contributed by atoms with Crippen molar-refractivity contribution in [3.05, 3.63) is 39.8 Å². The van der Waals surface area contributed by atoms with Gasteiger partial charge in [0.15, 0.2) is 0 Å². The van der Waals surface area contributed by atoms with Crippen LogP contribution in [0.25, 0.3) is 0 Å². The van der Waals surface area contributed by atoms with E-state index in [1.54, 1.807) is 24.3 Å². The van der Waals surface area contributed by atoms with Gasteiger partial charge in [-0.15, -0.1) is 4.91 Å². The van der Waals surface area contributed by atoms with Gasteiger partial charge in [0.2, 0.25) is 0 Å². The van der Waals surface area contributed by atoms with E-state index in [-0.39, 0.29) is 11.6 Å². The Hall–Kier alpha value is -1.13. The molecule has 1 aromatic rings. The summed E-state index contributed by atoms with van der Waals surface area (Å²) in [6, 6.07) is 6.76. The Kier molecular flexibility index (Phi) is 3.59. The van der Waals surface area contributed by atoms with Crippen molar-refractivity contribution >= 4 is 11.6 Å². The van der Waals surface area contributed by atoms with Crippen molar-refractivity contribution in [2.45, 2.75) is 44.4 Å². The maximum atomic E-state index is 11.0. The van der Waals surface area contributed by atoms with Crippen molar-refractivity contribution in [1.82, 2.24) is 5.01 Å². The van der Waals surface area contributed by atoms with Crippen LogP contribution >= 0.6 is 11.6 Å². The second kappa shape index (κ2) is 4.86. The summed E-state index contributed by atoms with van der Waals surface area (Å²) in [6.07, 6.45) is 0.873. The van der Waals surface area contributed by atoms with Crippen molar-refractivity contribution in [2.24, 2.45) is 5.29 Å². The monoisotopic (exact) mass is 268 g/mol. The maximum absolute atomic E-state index is 11.0. The normalized spacial score (nSPS) is 24.0. The van der Waals surface area contributed by atoms with Crippen molar-refractivity contribution < 1.29 is 5.11 Å². The van der Waals surface area contributed by atoms with Gasteiger partial charge in [-0.05, 0) is 44.4 Å². The van der Waals surface area contributed by atoms with E-state index in [9.17, 15) is 10.0 Å². The molecule has 5 heteroatoms. The molecule has 1 heterocycles. The van der Waals surface area contributed by atoms with E-state index in [4.69, 9.17) is 11.6 Å². The average molecular weight is 269 g/mol. The van der Waals surface area contributed by atoms with Crippen LogP contribution in [0.5, 0.6) is 0 Å². The highest BCUT2D eigenvalue weighted by molar-refractivity contribution is 6.30. The van der Waals surface area contributed by atoms with Crippen LogP contribution in [0.3, 0.4) is 0 Å². The van der Waals surface area contributed by atoms with Crippen LogP contribution in [0.15, 0.2) is 29.6 Å². The number of halogens is 1.